The number of ether oxygens (including phenoxy) is 1. The fourth-order valence-electron chi connectivity index (χ4n) is 3.80. The Morgan fingerprint density at radius 3 is 2.89 bits per heavy atom. The van der Waals surface area contributed by atoms with Crippen LogP contribution in [-0.2, 0) is 22.4 Å². The predicted molar refractivity (Wildman–Crippen MR) is 93.4 cm³/mol. The van der Waals surface area contributed by atoms with Crippen LogP contribution in [0.25, 0.3) is 5.69 Å². The number of aromatic nitrogens is 2. The van der Waals surface area contributed by atoms with E-state index in [0.717, 1.165) is 30.5 Å². The smallest absolute Gasteiger partial charge is 0.306 e. The molecule has 27 heavy (non-hydrogen) atoms. The van der Waals surface area contributed by atoms with Crippen LogP contribution in [0.1, 0.15) is 34.6 Å². The summed E-state index contributed by atoms with van der Waals surface area (Å²) >= 11 is 0. The van der Waals surface area contributed by atoms with E-state index in [9.17, 15) is 14.0 Å². The highest BCUT2D eigenvalue weighted by molar-refractivity contribution is 5.94. The van der Waals surface area contributed by atoms with E-state index in [4.69, 9.17) is 9.84 Å². The van der Waals surface area contributed by atoms with Gasteiger partial charge in [0.05, 0.1) is 19.1 Å². The van der Waals surface area contributed by atoms with Crippen molar-refractivity contribution < 1.29 is 23.8 Å². The maximum atomic E-state index is 14.3. The van der Waals surface area contributed by atoms with Crippen molar-refractivity contribution in [3.8, 4) is 5.69 Å². The normalized spacial score (nSPS) is 19.1. The Bertz CT molecular complexity index is 895. The summed E-state index contributed by atoms with van der Waals surface area (Å²) in [5.74, 6) is -1.59. The predicted octanol–water partition coefficient (Wildman–Crippen LogP) is 1.82. The number of hydrogen-bond acceptors (Lipinski definition) is 4. The number of benzene rings is 1. The molecule has 1 atom stereocenters. The van der Waals surface area contributed by atoms with E-state index < -0.39 is 12.1 Å². The Kier molecular flexibility index (Phi) is 4.65. The second-order valence-electron chi connectivity index (χ2n) is 6.83. The van der Waals surface area contributed by atoms with E-state index in [2.05, 4.69) is 5.10 Å². The first kappa shape index (κ1) is 17.7. The molecule has 0 spiro atoms. The number of carbonyl (C=O) groups is 2. The highest BCUT2D eigenvalue weighted by Crippen LogP contribution is 2.29. The van der Waals surface area contributed by atoms with Crippen LogP contribution in [0.3, 0.4) is 0 Å². The van der Waals surface area contributed by atoms with Gasteiger partial charge in [-0.25, -0.2) is 9.07 Å². The van der Waals surface area contributed by atoms with Crippen molar-refractivity contribution in [1.82, 2.24) is 14.7 Å². The lowest BCUT2D eigenvalue weighted by Gasteiger charge is -2.32. The second-order valence-corrected chi connectivity index (χ2v) is 6.83. The molecule has 1 aliphatic carbocycles. The summed E-state index contributed by atoms with van der Waals surface area (Å²) in [4.78, 5) is 25.6. The van der Waals surface area contributed by atoms with Gasteiger partial charge in [0.1, 0.15) is 11.5 Å². The molecule has 2 aliphatic rings. The Hall–Kier alpha value is -2.74. The molecule has 0 bridgehead atoms. The van der Waals surface area contributed by atoms with Crippen LogP contribution < -0.4 is 0 Å². The maximum Gasteiger partial charge on any atom is 0.306 e. The lowest BCUT2D eigenvalue weighted by Crippen LogP contribution is -2.46. The second kappa shape index (κ2) is 7.11. The topological polar surface area (TPSA) is 84.7 Å². The molecule has 7 nitrogen and oxygen atoms in total. The van der Waals surface area contributed by atoms with Gasteiger partial charge in [-0.05, 0) is 31.4 Å². The van der Waals surface area contributed by atoms with Crippen molar-refractivity contribution in [3.05, 3.63) is 47.0 Å². The number of hydrogen-bond donors (Lipinski definition) is 1. The first-order valence-electron chi connectivity index (χ1n) is 9.03. The van der Waals surface area contributed by atoms with Gasteiger partial charge in [0.25, 0.3) is 5.91 Å². The minimum Gasteiger partial charge on any atom is -0.481 e. The monoisotopic (exact) mass is 373 g/mol. The van der Waals surface area contributed by atoms with Gasteiger partial charge in [0.2, 0.25) is 0 Å². The standard InChI is InChI=1S/C19H20FN3O4/c20-14-5-1-2-6-16(14)23-15-7-3-4-13(15)18(21-23)19(26)22-8-9-27-12(11-22)10-17(24)25/h1-2,5-6,12H,3-4,7-11H2,(H,24,25). The molecule has 0 saturated carbocycles. The first-order valence-corrected chi connectivity index (χ1v) is 9.03. The van der Waals surface area contributed by atoms with Crippen LogP contribution in [0.4, 0.5) is 4.39 Å². The highest BCUT2D eigenvalue weighted by atomic mass is 19.1. The molecule has 1 aliphatic heterocycles. The number of nitrogens with zero attached hydrogens (tertiary/aromatic N) is 3. The average molecular weight is 373 g/mol. The summed E-state index contributed by atoms with van der Waals surface area (Å²) in [5.41, 5.74) is 2.41. The Labute approximate surface area is 155 Å². The molecule has 1 amide bonds. The van der Waals surface area contributed by atoms with Gasteiger partial charge >= 0.3 is 5.97 Å². The SMILES string of the molecule is O=C(O)CC1CN(C(=O)c2nn(-c3ccccc3F)c3c2CCC3)CCO1. The van der Waals surface area contributed by atoms with Gasteiger partial charge in [0.15, 0.2) is 5.69 Å². The van der Waals surface area contributed by atoms with E-state index in [0.29, 0.717) is 24.5 Å². The van der Waals surface area contributed by atoms with E-state index >= 15 is 0 Å². The summed E-state index contributed by atoms with van der Waals surface area (Å²) in [6.45, 7) is 0.892. The molecule has 1 aromatic heterocycles. The molecule has 1 unspecified atom stereocenters. The molecule has 2 heterocycles. The van der Waals surface area contributed by atoms with Gasteiger partial charge in [-0.15, -0.1) is 0 Å². The molecule has 0 radical (unpaired) electrons. The number of aliphatic carboxylic acids is 1. The quantitative estimate of drug-likeness (QED) is 0.884. The Morgan fingerprint density at radius 2 is 2.11 bits per heavy atom. The number of para-hydroxylation sites is 1. The zero-order valence-electron chi connectivity index (χ0n) is 14.7. The largest absolute Gasteiger partial charge is 0.481 e. The lowest BCUT2D eigenvalue weighted by atomic mass is 10.1. The third kappa shape index (κ3) is 3.32. The molecule has 4 rings (SSSR count). The van der Waals surface area contributed by atoms with Crippen LogP contribution in [-0.4, -0.2) is 57.5 Å². The Morgan fingerprint density at radius 1 is 1.30 bits per heavy atom. The average Bonchev–Trinajstić information content (AvgIpc) is 3.24. The Balaban J connectivity index is 1.64. The van der Waals surface area contributed by atoms with E-state index in [1.165, 1.54) is 6.07 Å². The highest BCUT2D eigenvalue weighted by Gasteiger charge is 2.33. The number of morpholine rings is 1. The zero-order valence-corrected chi connectivity index (χ0v) is 14.7. The van der Waals surface area contributed by atoms with Crippen molar-refractivity contribution in [2.24, 2.45) is 0 Å². The summed E-state index contributed by atoms with van der Waals surface area (Å²) in [6, 6.07) is 6.37. The molecule has 1 fully saturated rings. The first-order chi connectivity index (χ1) is 13.0. The van der Waals surface area contributed by atoms with Crippen LogP contribution in [0.2, 0.25) is 0 Å². The van der Waals surface area contributed by atoms with Crippen LogP contribution in [0, 0.1) is 5.82 Å². The molecular formula is C19H20FN3O4. The molecule has 1 saturated heterocycles. The van der Waals surface area contributed by atoms with Gasteiger partial charge in [0, 0.05) is 24.3 Å². The number of fused-ring (bicyclic) bond motifs is 1. The summed E-state index contributed by atoms with van der Waals surface area (Å²) < 4.78 is 21.2. The minimum absolute atomic E-state index is 0.147. The number of carboxylic acids is 1. The van der Waals surface area contributed by atoms with E-state index in [1.807, 2.05) is 0 Å². The minimum atomic E-state index is -0.959. The zero-order chi connectivity index (χ0) is 19.0. The molecule has 1 aromatic carbocycles. The summed E-state index contributed by atoms with van der Waals surface area (Å²) in [5, 5.41) is 13.4. The summed E-state index contributed by atoms with van der Waals surface area (Å²) in [7, 11) is 0. The van der Waals surface area contributed by atoms with E-state index in [-0.39, 0.29) is 24.7 Å². The molecule has 8 heteroatoms. The molecular weight excluding hydrogens is 353 g/mol. The number of carboxylic acid groups (broad SMARTS) is 1. The number of amides is 1. The van der Waals surface area contributed by atoms with Gasteiger partial charge in [-0.1, -0.05) is 12.1 Å². The summed E-state index contributed by atoms with van der Waals surface area (Å²) in [6.07, 6.45) is 1.70. The third-order valence-electron chi connectivity index (χ3n) is 5.04. The molecule has 142 valence electrons. The number of halogens is 1. The maximum absolute atomic E-state index is 14.3. The van der Waals surface area contributed by atoms with Crippen LogP contribution in [0.15, 0.2) is 24.3 Å². The van der Waals surface area contributed by atoms with Crippen molar-refractivity contribution >= 4 is 11.9 Å². The number of carbonyl (C=O) groups excluding carboxylic acids is 1. The van der Waals surface area contributed by atoms with Crippen LogP contribution >= 0.6 is 0 Å². The lowest BCUT2D eigenvalue weighted by molar-refractivity contribution is -0.141. The third-order valence-corrected chi connectivity index (χ3v) is 5.04. The fraction of sp³-hybridized carbons (Fsp3) is 0.421. The number of rotatable bonds is 4. The van der Waals surface area contributed by atoms with Crippen molar-refractivity contribution in [3.63, 3.8) is 0 Å². The fourth-order valence-corrected chi connectivity index (χ4v) is 3.80. The van der Waals surface area contributed by atoms with Gasteiger partial charge in [-0.3, -0.25) is 9.59 Å². The van der Waals surface area contributed by atoms with Crippen molar-refractivity contribution in [2.75, 3.05) is 19.7 Å². The molecule has 2 aromatic rings. The van der Waals surface area contributed by atoms with Gasteiger partial charge < -0.3 is 14.7 Å². The van der Waals surface area contributed by atoms with Crippen LogP contribution in [0.5, 0.6) is 0 Å². The van der Waals surface area contributed by atoms with Crippen molar-refractivity contribution in [1.29, 1.82) is 0 Å². The van der Waals surface area contributed by atoms with Gasteiger partial charge in [-0.2, -0.15) is 5.10 Å². The van der Waals surface area contributed by atoms with E-state index in [1.54, 1.807) is 27.8 Å². The molecule has 1 N–H and O–H groups in total. The van der Waals surface area contributed by atoms with Crippen molar-refractivity contribution in [2.45, 2.75) is 31.8 Å².